The number of rotatable bonds is 7. The van der Waals surface area contributed by atoms with E-state index in [1.807, 2.05) is 18.9 Å². The zero-order chi connectivity index (χ0) is 17.8. The predicted octanol–water partition coefficient (Wildman–Crippen LogP) is 2.98. The summed E-state index contributed by atoms with van der Waals surface area (Å²) in [6, 6.07) is 6.32. The monoisotopic (exact) mass is 359 g/mol. The molecule has 0 saturated carbocycles. The molecule has 0 saturated heterocycles. The number of benzene rings is 1. The van der Waals surface area contributed by atoms with Crippen LogP contribution in [0.25, 0.3) is 11.3 Å². The Bertz CT molecular complexity index is 744. The molecule has 1 aliphatic heterocycles. The van der Waals surface area contributed by atoms with Crippen LogP contribution in [0.4, 0.5) is 5.69 Å². The van der Waals surface area contributed by atoms with Crippen LogP contribution in [0.1, 0.15) is 17.0 Å². The Morgan fingerprint density at radius 1 is 1.44 bits per heavy atom. The van der Waals surface area contributed by atoms with Crippen LogP contribution in [0.3, 0.4) is 0 Å². The maximum atomic E-state index is 12.7. The number of methoxy groups -OCH3 is 1. The van der Waals surface area contributed by atoms with Crippen molar-refractivity contribution in [3.8, 4) is 11.3 Å². The van der Waals surface area contributed by atoms with Crippen molar-refractivity contribution in [1.82, 2.24) is 9.88 Å². The van der Waals surface area contributed by atoms with Crippen LogP contribution in [0.5, 0.6) is 0 Å². The zero-order valence-electron chi connectivity index (χ0n) is 15.1. The van der Waals surface area contributed by atoms with E-state index in [1.54, 1.807) is 18.4 Å². The minimum atomic E-state index is 0.163. The Morgan fingerprint density at radius 3 is 3.00 bits per heavy atom. The summed E-state index contributed by atoms with van der Waals surface area (Å²) in [5.41, 5.74) is 4.44. The fourth-order valence-electron chi connectivity index (χ4n) is 3.19. The first-order chi connectivity index (χ1) is 12.1. The van der Waals surface area contributed by atoms with Gasteiger partial charge in [-0.25, -0.2) is 4.98 Å². The first kappa shape index (κ1) is 18.0. The van der Waals surface area contributed by atoms with Gasteiger partial charge in [0.15, 0.2) is 0 Å². The van der Waals surface area contributed by atoms with Gasteiger partial charge in [-0.05, 0) is 44.5 Å². The lowest BCUT2D eigenvalue weighted by molar-refractivity contribution is -0.119. The Balaban J connectivity index is 1.66. The summed E-state index contributed by atoms with van der Waals surface area (Å²) in [6.07, 6.45) is 1.85. The standard InChI is InChI=1S/C19H25N3O2S/c1-14-20-17(13-25-14)15-5-6-18-16(11-15)7-9-22(18)19(23)12-21(2)8-4-10-24-3/h5-6,11,13H,4,7-10,12H2,1-3H3. The van der Waals surface area contributed by atoms with Crippen LogP contribution in [0.2, 0.25) is 0 Å². The van der Waals surface area contributed by atoms with Gasteiger partial charge in [0.25, 0.3) is 0 Å². The molecule has 25 heavy (non-hydrogen) atoms. The summed E-state index contributed by atoms with van der Waals surface area (Å²) >= 11 is 1.66. The summed E-state index contributed by atoms with van der Waals surface area (Å²) < 4.78 is 5.07. The van der Waals surface area contributed by atoms with E-state index in [0.29, 0.717) is 6.54 Å². The molecule has 2 aromatic rings. The molecule has 0 fully saturated rings. The fourth-order valence-corrected chi connectivity index (χ4v) is 3.81. The van der Waals surface area contributed by atoms with E-state index in [4.69, 9.17) is 4.74 Å². The second-order valence-corrected chi connectivity index (χ2v) is 7.54. The molecule has 0 aliphatic carbocycles. The van der Waals surface area contributed by atoms with E-state index in [9.17, 15) is 4.79 Å². The highest BCUT2D eigenvalue weighted by Gasteiger charge is 2.25. The van der Waals surface area contributed by atoms with Crippen molar-refractivity contribution in [1.29, 1.82) is 0 Å². The highest BCUT2D eigenvalue weighted by molar-refractivity contribution is 7.09. The Kier molecular flexibility index (Phi) is 5.83. The summed E-state index contributed by atoms with van der Waals surface area (Å²) in [4.78, 5) is 21.2. The number of nitrogens with zero attached hydrogens (tertiary/aromatic N) is 3. The minimum absolute atomic E-state index is 0.163. The number of fused-ring (bicyclic) bond motifs is 1. The van der Waals surface area contributed by atoms with E-state index < -0.39 is 0 Å². The van der Waals surface area contributed by atoms with Crippen LogP contribution >= 0.6 is 11.3 Å². The molecule has 5 nitrogen and oxygen atoms in total. The number of likely N-dealkylation sites (N-methyl/N-ethyl adjacent to an activating group) is 1. The average Bonchev–Trinajstić information content (AvgIpc) is 3.20. The molecule has 0 atom stereocenters. The number of amides is 1. The van der Waals surface area contributed by atoms with E-state index in [0.717, 1.165) is 54.5 Å². The van der Waals surface area contributed by atoms with Crippen molar-refractivity contribution < 1.29 is 9.53 Å². The van der Waals surface area contributed by atoms with E-state index in [2.05, 4.69) is 33.5 Å². The molecule has 1 aromatic carbocycles. The van der Waals surface area contributed by atoms with Gasteiger partial charge in [-0.2, -0.15) is 0 Å². The smallest absolute Gasteiger partial charge is 0.241 e. The fraction of sp³-hybridized carbons (Fsp3) is 0.474. The second kappa shape index (κ2) is 8.08. The number of ether oxygens (including phenoxy) is 1. The number of aromatic nitrogens is 1. The summed E-state index contributed by atoms with van der Waals surface area (Å²) in [7, 11) is 3.69. The number of anilines is 1. The number of carbonyl (C=O) groups is 1. The van der Waals surface area contributed by atoms with Gasteiger partial charge < -0.3 is 9.64 Å². The molecule has 0 N–H and O–H groups in total. The summed E-state index contributed by atoms with van der Waals surface area (Å²) in [5, 5.41) is 3.16. The molecule has 0 radical (unpaired) electrons. The molecule has 134 valence electrons. The predicted molar refractivity (Wildman–Crippen MR) is 102 cm³/mol. The lowest BCUT2D eigenvalue weighted by Gasteiger charge is -2.22. The molecule has 0 unspecified atom stereocenters. The molecular weight excluding hydrogens is 334 g/mol. The van der Waals surface area contributed by atoms with E-state index >= 15 is 0 Å². The topological polar surface area (TPSA) is 45.7 Å². The third-order valence-corrected chi connectivity index (χ3v) is 5.26. The normalized spacial score (nSPS) is 13.5. The molecule has 3 rings (SSSR count). The number of aryl methyl sites for hydroxylation is 1. The lowest BCUT2D eigenvalue weighted by Crippen LogP contribution is -2.38. The van der Waals surface area contributed by atoms with Crippen LogP contribution < -0.4 is 4.90 Å². The lowest BCUT2D eigenvalue weighted by atomic mass is 10.1. The number of thiazole rings is 1. The van der Waals surface area contributed by atoms with Gasteiger partial charge in [0.1, 0.15) is 0 Å². The van der Waals surface area contributed by atoms with Crippen molar-refractivity contribution >= 4 is 22.9 Å². The SMILES string of the molecule is COCCCN(C)CC(=O)N1CCc2cc(-c3csc(C)n3)ccc21. The average molecular weight is 359 g/mol. The molecule has 6 heteroatoms. The minimum Gasteiger partial charge on any atom is -0.385 e. The maximum absolute atomic E-state index is 12.7. The van der Waals surface area contributed by atoms with Gasteiger partial charge in [-0.15, -0.1) is 11.3 Å². The highest BCUT2D eigenvalue weighted by atomic mass is 32.1. The number of carbonyl (C=O) groups excluding carboxylic acids is 1. The number of hydrogen-bond donors (Lipinski definition) is 0. The van der Waals surface area contributed by atoms with Gasteiger partial charge in [-0.3, -0.25) is 9.69 Å². The molecular formula is C19H25N3O2S. The van der Waals surface area contributed by atoms with Crippen LogP contribution in [0, 0.1) is 6.92 Å². The summed E-state index contributed by atoms with van der Waals surface area (Å²) in [5.74, 6) is 0.163. The quantitative estimate of drug-likeness (QED) is 0.713. The molecule has 1 amide bonds. The van der Waals surface area contributed by atoms with Crippen molar-refractivity contribution in [2.75, 3.05) is 45.3 Å². The third kappa shape index (κ3) is 4.26. The largest absolute Gasteiger partial charge is 0.385 e. The summed E-state index contributed by atoms with van der Waals surface area (Å²) in [6.45, 7) is 4.81. The Hall–Kier alpha value is -1.76. The molecule has 1 aromatic heterocycles. The van der Waals surface area contributed by atoms with Gasteiger partial charge in [0, 0.05) is 43.4 Å². The zero-order valence-corrected chi connectivity index (χ0v) is 15.9. The Labute approximate surface area is 153 Å². The van der Waals surface area contributed by atoms with E-state index in [1.165, 1.54) is 5.56 Å². The van der Waals surface area contributed by atoms with Crippen molar-refractivity contribution in [2.45, 2.75) is 19.8 Å². The number of hydrogen-bond acceptors (Lipinski definition) is 5. The van der Waals surface area contributed by atoms with Gasteiger partial charge in [0.2, 0.25) is 5.91 Å². The van der Waals surface area contributed by atoms with Gasteiger partial charge in [0.05, 0.1) is 17.2 Å². The second-order valence-electron chi connectivity index (χ2n) is 6.47. The van der Waals surface area contributed by atoms with Crippen LogP contribution in [-0.2, 0) is 16.0 Å². The molecule has 2 heterocycles. The van der Waals surface area contributed by atoms with Crippen molar-refractivity contribution in [2.24, 2.45) is 0 Å². The van der Waals surface area contributed by atoms with Crippen LogP contribution in [0.15, 0.2) is 23.6 Å². The molecule has 0 bridgehead atoms. The van der Waals surface area contributed by atoms with Crippen molar-refractivity contribution in [3.63, 3.8) is 0 Å². The Morgan fingerprint density at radius 2 is 2.28 bits per heavy atom. The van der Waals surface area contributed by atoms with Gasteiger partial charge in [-0.1, -0.05) is 6.07 Å². The molecule has 0 spiro atoms. The van der Waals surface area contributed by atoms with Crippen molar-refractivity contribution in [3.05, 3.63) is 34.2 Å². The highest BCUT2D eigenvalue weighted by Crippen LogP contribution is 2.32. The maximum Gasteiger partial charge on any atom is 0.241 e. The first-order valence-electron chi connectivity index (χ1n) is 8.62. The first-order valence-corrected chi connectivity index (χ1v) is 9.49. The van der Waals surface area contributed by atoms with Gasteiger partial charge >= 0.3 is 0 Å². The molecule has 1 aliphatic rings. The van der Waals surface area contributed by atoms with E-state index in [-0.39, 0.29) is 5.91 Å². The van der Waals surface area contributed by atoms with Crippen LogP contribution in [-0.4, -0.2) is 56.2 Å². The third-order valence-electron chi connectivity index (χ3n) is 4.48.